The van der Waals surface area contributed by atoms with E-state index >= 15 is 0 Å². The smallest absolute Gasteiger partial charge is 0.333 e. The van der Waals surface area contributed by atoms with Gasteiger partial charge in [-0.2, -0.15) is 0 Å². The monoisotopic (exact) mass is 248 g/mol. The minimum absolute atomic E-state index is 0.0526. The molecule has 0 aliphatic heterocycles. The van der Waals surface area contributed by atoms with E-state index < -0.39 is 4.92 Å². The second-order valence-corrected chi connectivity index (χ2v) is 3.96. The molecule has 0 radical (unpaired) electrons. The summed E-state index contributed by atoms with van der Waals surface area (Å²) >= 11 is 0. The number of anilines is 1. The number of nitro benzene ring substituents is 1. The Labute approximate surface area is 106 Å². The van der Waals surface area contributed by atoms with Crippen molar-refractivity contribution in [3.8, 4) is 18.1 Å². The van der Waals surface area contributed by atoms with E-state index in [4.69, 9.17) is 11.2 Å². The fraction of sp³-hybridized carbons (Fsp3) is 0.385. The highest BCUT2D eigenvalue weighted by molar-refractivity contribution is 5.68. The Morgan fingerprint density at radius 3 is 2.83 bits per heavy atom. The third-order valence-corrected chi connectivity index (χ3v) is 2.13. The molecule has 1 rings (SSSR count). The molecule has 1 aromatic rings. The van der Waals surface area contributed by atoms with Crippen molar-refractivity contribution in [2.75, 3.05) is 11.9 Å². The summed E-state index contributed by atoms with van der Waals surface area (Å²) in [6.45, 7) is 4.13. The van der Waals surface area contributed by atoms with E-state index in [2.05, 4.69) is 11.2 Å². The number of para-hydroxylation sites is 1. The van der Waals surface area contributed by atoms with Crippen LogP contribution >= 0.6 is 0 Å². The van der Waals surface area contributed by atoms with Crippen LogP contribution in [0.1, 0.15) is 20.3 Å². The summed E-state index contributed by atoms with van der Waals surface area (Å²) in [6.07, 6.45) is 5.52. The molecule has 0 spiro atoms. The highest BCUT2D eigenvalue weighted by Crippen LogP contribution is 2.35. The van der Waals surface area contributed by atoms with Crippen LogP contribution in [0.5, 0.6) is 5.75 Å². The van der Waals surface area contributed by atoms with Crippen LogP contribution in [-0.2, 0) is 0 Å². The van der Waals surface area contributed by atoms with Gasteiger partial charge in [-0.05, 0) is 26.0 Å². The van der Waals surface area contributed by atoms with Crippen LogP contribution in [0.3, 0.4) is 0 Å². The minimum atomic E-state index is -0.448. The molecule has 5 heteroatoms. The van der Waals surface area contributed by atoms with Gasteiger partial charge in [-0.3, -0.25) is 10.1 Å². The Balaban J connectivity index is 3.02. The average Bonchev–Trinajstić information content (AvgIpc) is 2.28. The van der Waals surface area contributed by atoms with Crippen LogP contribution in [-0.4, -0.2) is 17.6 Å². The number of rotatable bonds is 6. The number of ether oxygens (including phenoxy) is 1. The molecule has 0 unspecified atom stereocenters. The first-order valence-corrected chi connectivity index (χ1v) is 5.67. The Hall–Kier alpha value is -2.22. The Bertz CT molecular complexity index is 464. The molecule has 0 saturated carbocycles. The second-order valence-electron chi connectivity index (χ2n) is 3.96. The molecular weight excluding hydrogens is 232 g/mol. The van der Waals surface area contributed by atoms with Crippen molar-refractivity contribution in [1.82, 2.24) is 0 Å². The van der Waals surface area contributed by atoms with Gasteiger partial charge < -0.3 is 10.1 Å². The van der Waals surface area contributed by atoms with Gasteiger partial charge in [0.05, 0.1) is 11.0 Å². The first-order valence-electron chi connectivity index (χ1n) is 5.67. The Kier molecular flexibility index (Phi) is 5.00. The molecule has 1 N–H and O–H groups in total. The molecule has 0 aliphatic carbocycles. The second kappa shape index (κ2) is 6.50. The van der Waals surface area contributed by atoms with Crippen molar-refractivity contribution >= 4 is 11.4 Å². The SMILES string of the molecule is C#CCCNc1cccc(OC(C)C)c1[N+](=O)[O-]. The molecule has 0 aliphatic rings. The summed E-state index contributed by atoms with van der Waals surface area (Å²) in [5.74, 6) is 2.73. The number of nitro groups is 1. The van der Waals surface area contributed by atoms with Crippen molar-refractivity contribution in [3.05, 3.63) is 28.3 Å². The first kappa shape index (κ1) is 13.8. The van der Waals surface area contributed by atoms with E-state index in [0.717, 1.165) is 0 Å². The number of hydrogen-bond donors (Lipinski definition) is 1. The molecule has 0 saturated heterocycles. The van der Waals surface area contributed by atoms with E-state index in [-0.39, 0.29) is 17.5 Å². The molecule has 18 heavy (non-hydrogen) atoms. The molecule has 5 nitrogen and oxygen atoms in total. The molecule has 1 aromatic carbocycles. The highest BCUT2D eigenvalue weighted by atomic mass is 16.6. The fourth-order valence-electron chi connectivity index (χ4n) is 1.47. The van der Waals surface area contributed by atoms with E-state index in [1.165, 1.54) is 0 Å². The third-order valence-electron chi connectivity index (χ3n) is 2.13. The maximum absolute atomic E-state index is 11.1. The van der Waals surface area contributed by atoms with Gasteiger partial charge >= 0.3 is 5.69 Å². The third kappa shape index (κ3) is 3.67. The van der Waals surface area contributed by atoms with Crippen LogP contribution in [0.15, 0.2) is 18.2 Å². The summed E-state index contributed by atoms with van der Waals surface area (Å²) in [6, 6.07) is 4.94. The van der Waals surface area contributed by atoms with Crippen LogP contribution in [0.25, 0.3) is 0 Å². The van der Waals surface area contributed by atoms with Gasteiger partial charge in [0.25, 0.3) is 0 Å². The van der Waals surface area contributed by atoms with Gasteiger partial charge in [0, 0.05) is 13.0 Å². The summed E-state index contributed by atoms with van der Waals surface area (Å²) in [7, 11) is 0. The summed E-state index contributed by atoms with van der Waals surface area (Å²) in [4.78, 5) is 10.7. The Morgan fingerprint density at radius 1 is 1.56 bits per heavy atom. The van der Waals surface area contributed by atoms with Gasteiger partial charge in [0.2, 0.25) is 0 Å². The van der Waals surface area contributed by atoms with E-state index in [0.29, 0.717) is 18.7 Å². The first-order chi connectivity index (χ1) is 8.56. The number of terminal acetylenes is 1. The minimum Gasteiger partial charge on any atom is -0.484 e. The Morgan fingerprint density at radius 2 is 2.28 bits per heavy atom. The van der Waals surface area contributed by atoms with Crippen molar-refractivity contribution in [1.29, 1.82) is 0 Å². The van der Waals surface area contributed by atoms with Crippen LogP contribution in [0, 0.1) is 22.5 Å². The van der Waals surface area contributed by atoms with Gasteiger partial charge in [-0.25, -0.2) is 0 Å². The topological polar surface area (TPSA) is 64.4 Å². The fourth-order valence-corrected chi connectivity index (χ4v) is 1.47. The molecule has 96 valence electrons. The zero-order valence-corrected chi connectivity index (χ0v) is 10.5. The molecular formula is C13H16N2O3. The van der Waals surface area contributed by atoms with E-state index in [9.17, 15) is 10.1 Å². The summed E-state index contributed by atoms with van der Waals surface area (Å²) in [5.41, 5.74) is 0.372. The standard InChI is InChI=1S/C13H16N2O3/c1-4-5-9-14-11-7-6-8-12(18-10(2)3)13(11)15(16)17/h1,6-8,10,14H,5,9H2,2-3H3. The number of nitrogens with zero attached hydrogens (tertiary/aromatic N) is 1. The van der Waals surface area contributed by atoms with Gasteiger partial charge in [0.15, 0.2) is 5.75 Å². The number of benzene rings is 1. The maximum Gasteiger partial charge on any atom is 0.333 e. The van der Waals surface area contributed by atoms with Crippen molar-refractivity contribution < 1.29 is 9.66 Å². The molecule has 0 heterocycles. The van der Waals surface area contributed by atoms with Gasteiger partial charge in [-0.15, -0.1) is 12.3 Å². The highest BCUT2D eigenvalue weighted by Gasteiger charge is 2.21. The lowest BCUT2D eigenvalue weighted by molar-refractivity contribution is -0.385. The lowest BCUT2D eigenvalue weighted by atomic mass is 10.2. The van der Waals surface area contributed by atoms with Gasteiger partial charge in [0.1, 0.15) is 5.69 Å². The summed E-state index contributed by atoms with van der Waals surface area (Å²) in [5, 5.41) is 14.0. The van der Waals surface area contributed by atoms with Gasteiger partial charge in [-0.1, -0.05) is 6.07 Å². The largest absolute Gasteiger partial charge is 0.484 e. The predicted octanol–water partition coefficient (Wildman–Crippen LogP) is 2.82. The molecule has 0 atom stereocenters. The quantitative estimate of drug-likeness (QED) is 0.364. The van der Waals surface area contributed by atoms with Crippen molar-refractivity contribution in [3.63, 3.8) is 0 Å². The van der Waals surface area contributed by atoms with Crippen LogP contribution in [0.2, 0.25) is 0 Å². The van der Waals surface area contributed by atoms with Crippen LogP contribution in [0.4, 0.5) is 11.4 Å². The molecule has 0 fully saturated rings. The lowest BCUT2D eigenvalue weighted by Crippen LogP contribution is -2.09. The zero-order valence-electron chi connectivity index (χ0n) is 10.5. The number of nitrogens with one attached hydrogen (secondary N) is 1. The lowest BCUT2D eigenvalue weighted by Gasteiger charge is -2.12. The molecule has 0 amide bonds. The molecule has 0 bridgehead atoms. The zero-order chi connectivity index (χ0) is 13.5. The normalized spacial score (nSPS) is 9.89. The molecule has 0 aromatic heterocycles. The number of hydrogen-bond acceptors (Lipinski definition) is 4. The van der Waals surface area contributed by atoms with Crippen LogP contribution < -0.4 is 10.1 Å². The average molecular weight is 248 g/mol. The van der Waals surface area contributed by atoms with Crippen molar-refractivity contribution in [2.45, 2.75) is 26.4 Å². The predicted molar refractivity (Wildman–Crippen MR) is 70.8 cm³/mol. The van der Waals surface area contributed by atoms with E-state index in [1.807, 2.05) is 13.8 Å². The summed E-state index contributed by atoms with van der Waals surface area (Å²) < 4.78 is 5.43. The van der Waals surface area contributed by atoms with Crippen molar-refractivity contribution in [2.24, 2.45) is 0 Å². The maximum atomic E-state index is 11.1. The van der Waals surface area contributed by atoms with E-state index in [1.54, 1.807) is 18.2 Å².